The molecule has 1 N–H and O–H groups in total. The minimum absolute atomic E-state index is 0. The Morgan fingerprint density at radius 3 is 2.65 bits per heavy atom. The third-order valence-corrected chi connectivity index (χ3v) is 3.92. The van der Waals surface area contributed by atoms with Crippen molar-refractivity contribution in [1.82, 2.24) is 5.32 Å². The lowest BCUT2D eigenvalue weighted by Crippen LogP contribution is -2.21. The van der Waals surface area contributed by atoms with Crippen LogP contribution in [0.2, 0.25) is 0 Å². The van der Waals surface area contributed by atoms with E-state index in [1.165, 1.54) is 5.56 Å². The molecule has 0 saturated carbocycles. The van der Waals surface area contributed by atoms with Crippen molar-refractivity contribution in [2.75, 3.05) is 6.61 Å². The Morgan fingerprint density at radius 2 is 1.96 bits per heavy atom. The van der Waals surface area contributed by atoms with Crippen LogP contribution in [0.15, 0.2) is 53.0 Å². The lowest BCUT2D eigenvalue weighted by molar-refractivity contribution is 0.0524. The fourth-order valence-corrected chi connectivity index (χ4v) is 2.74. The first-order valence-electron chi connectivity index (χ1n) is 7.35. The SMILES string of the molecule is CCOC(=O)c1ccccc1[C@H](C)NCc1cccc(Br)c1.Cl. The molecule has 0 amide bonds. The zero-order chi connectivity index (χ0) is 15.9. The predicted octanol–water partition coefficient (Wildman–Crippen LogP) is 4.90. The molecule has 2 aromatic rings. The van der Waals surface area contributed by atoms with Gasteiger partial charge in [0.15, 0.2) is 0 Å². The topological polar surface area (TPSA) is 38.3 Å². The number of benzene rings is 2. The lowest BCUT2D eigenvalue weighted by atomic mass is 10.0. The molecule has 23 heavy (non-hydrogen) atoms. The summed E-state index contributed by atoms with van der Waals surface area (Å²) in [5, 5.41) is 3.45. The van der Waals surface area contributed by atoms with E-state index in [1.807, 2.05) is 43.3 Å². The summed E-state index contributed by atoms with van der Waals surface area (Å²) < 4.78 is 6.19. The van der Waals surface area contributed by atoms with E-state index in [4.69, 9.17) is 4.74 Å². The quantitative estimate of drug-likeness (QED) is 0.703. The number of esters is 1. The Morgan fingerprint density at radius 1 is 1.22 bits per heavy atom. The van der Waals surface area contributed by atoms with E-state index in [0.717, 1.165) is 16.6 Å². The lowest BCUT2D eigenvalue weighted by Gasteiger charge is -2.17. The summed E-state index contributed by atoms with van der Waals surface area (Å²) in [7, 11) is 0. The highest BCUT2D eigenvalue weighted by molar-refractivity contribution is 9.10. The average molecular weight is 399 g/mol. The molecule has 0 aliphatic carbocycles. The second kappa shape index (κ2) is 9.71. The van der Waals surface area contributed by atoms with Crippen molar-refractivity contribution in [2.45, 2.75) is 26.4 Å². The minimum Gasteiger partial charge on any atom is -0.462 e. The molecular weight excluding hydrogens is 378 g/mol. The number of ether oxygens (including phenoxy) is 1. The Bertz CT molecular complexity index is 648. The normalized spacial score (nSPS) is 11.4. The van der Waals surface area contributed by atoms with Crippen molar-refractivity contribution in [3.63, 3.8) is 0 Å². The van der Waals surface area contributed by atoms with Gasteiger partial charge in [0.25, 0.3) is 0 Å². The average Bonchev–Trinajstić information content (AvgIpc) is 2.53. The highest BCUT2D eigenvalue weighted by Crippen LogP contribution is 2.20. The molecule has 0 unspecified atom stereocenters. The number of halogens is 2. The number of hydrogen-bond donors (Lipinski definition) is 1. The summed E-state index contributed by atoms with van der Waals surface area (Å²) >= 11 is 3.47. The van der Waals surface area contributed by atoms with Gasteiger partial charge in [0, 0.05) is 17.1 Å². The smallest absolute Gasteiger partial charge is 0.338 e. The first-order chi connectivity index (χ1) is 10.6. The van der Waals surface area contributed by atoms with Gasteiger partial charge in [0.1, 0.15) is 0 Å². The van der Waals surface area contributed by atoms with Crippen LogP contribution < -0.4 is 5.32 Å². The van der Waals surface area contributed by atoms with Gasteiger partial charge in [-0.2, -0.15) is 0 Å². The van der Waals surface area contributed by atoms with E-state index in [-0.39, 0.29) is 24.4 Å². The number of carbonyl (C=O) groups excluding carboxylic acids is 1. The zero-order valence-electron chi connectivity index (χ0n) is 13.2. The third-order valence-electron chi connectivity index (χ3n) is 3.42. The fourth-order valence-electron chi connectivity index (χ4n) is 2.30. The second-order valence-electron chi connectivity index (χ2n) is 5.04. The molecule has 0 heterocycles. The summed E-state index contributed by atoms with van der Waals surface area (Å²) in [5.41, 5.74) is 2.77. The number of carbonyl (C=O) groups is 1. The van der Waals surface area contributed by atoms with Crippen LogP contribution in [0.25, 0.3) is 0 Å². The standard InChI is InChI=1S/C18H20BrNO2.ClH/c1-3-22-18(21)17-10-5-4-9-16(17)13(2)20-12-14-7-6-8-15(19)11-14;/h4-11,13,20H,3,12H2,1-2H3;1H/t13-;/m0./s1. The number of hydrogen-bond acceptors (Lipinski definition) is 3. The van der Waals surface area contributed by atoms with Crippen molar-refractivity contribution in [2.24, 2.45) is 0 Å². The van der Waals surface area contributed by atoms with E-state index in [2.05, 4.69) is 40.3 Å². The molecule has 0 spiro atoms. The van der Waals surface area contributed by atoms with Crippen molar-refractivity contribution < 1.29 is 9.53 Å². The van der Waals surface area contributed by atoms with Crippen LogP contribution in [0.5, 0.6) is 0 Å². The van der Waals surface area contributed by atoms with Crippen LogP contribution in [-0.4, -0.2) is 12.6 Å². The van der Waals surface area contributed by atoms with Gasteiger partial charge in [0.2, 0.25) is 0 Å². The van der Waals surface area contributed by atoms with Gasteiger partial charge in [0.05, 0.1) is 12.2 Å². The summed E-state index contributed by atoms with van der Waals surface area (Å²) in [6.45, 7) is 4.98. The molecule has 2 rings (SSSR count). The van der Waals surface area contributed by atoms with Crippen LogP contribution in [0, 0.1) is 0 Å². The zero-order valence-corrected chi connectivity index (χ0v) is 15.6. The maximum absolute atomic E-state index is 12.0. The number of nitrogens with one attached hydrogen (secondary N) is 1. The Balaban J connectivity index is 0.00000264. The molecule has 0 aliphatic heterocycles. The molecule has 1 atom stereocenters. The Labute approximate surface area is 152 Å². The van der Waals surface area contributed by atoms with Crippen LogP contribution in [0.4, 0.5) is 0 Å². The van der Waals surface area contributed by atoms with Gasteiger partial charge in [-0.3, -0.25) is 0 Å². The van der Waals surface area contributed by atoms with Crippen molar-refractivity contribution in [3.05, 3.63) is 69.7 Å². The largest absolute Gasteiger partial charge is 0.462 e. The Kier molecular flexibility index (Phi) is 8.31. The first-order valence-corrected chi connectivity index (χ1v) is 8.15. The van der Waals surface area contributed by atoms with Crippen molar-refractivity contribution in [1.29, 1.82) is 0 Å². The molecule has 0 saturated heterocycles. The van der Waals surface area contributed by atoms with Gasteiger partial charge in [-0.05, 0) is 43.2 Å². The highest BCUT2D eigenvalue weighted by atomic mass is 79.9. The van der Waals surface area contributed by atoms with Crippen molar-refractivity contribution in [3.8, 4) is 0 Å². The van der Waals surface area contributed by atoms with E-state index >= 15 is 0 Å². The summed E-state index contributed by atoms with van der Waals surface area (Å²) in [5.74, 6) is -0.269. The molecule has 124 valence electrons. The molecule has 0 aliphatic rings. The molecule has 2 aromatic carbocycles. The first kappa shape index (κ1) is 19.7. The Hall–Kier alpha value is -1.36. The van der Waals surface area contributed by atoms with Gasteiger partial charge >= 0.3 is 5.97 Å². The molecule has 3 nitrogen and oxygen atoms in total. The molecule has 0 radical (unpaired) electrons. The molecular formula is C18H21BrClNO2. The van der Waals surface area contributed by atoms with E-state index in [9.17, 15) is 4.79 Å². The number of rotatable bonds is 6. The van der Waals surface area contributed by atoms with Crippen molar-refractivity contribution >= 4 is 34.3 Å². The maximum Gasteiger partial charge on any atom is 0.338 e. The fraction of sp³-hybridized carbons (Fsp3) is 0.278. The second-order valence-corrected chi connectivity index (χ2v) is 5.96. The van der Waals surface area contributed by atoms with Crippen LogP contribution in [0.3, 0.4) is 0 Å². The monoisotopic (exact) mass is 397 g/mol. The van der Waals surface area contributed by atoms with Crippen LogP contribution in [-0.2, 0) is 11.3 Å². The predicted molar refractivity (Wildman–Crippen MR) is 99.0 cm³/mol. The van der Waals surface area contributed by atoms with E-state index < -0.39 is 0 Å². The van der Waals surface area contributed by atoms with Crippen LogP contribution >= 0.6 is 28.3 Å². The molecule has 5 heteroatoms. The summed E-state index contributed by atoms with van der Waals surface area (Å²) in [4.78, 5) is 12.0. The summed E-state index contributed by atoms with van der Waals surface area (Å²) in [6, 6.07) is 15.8. The van der Waals surface area contributed by atoms with Gasteiger partial charge in [-0.15, -0.1) is 12.4 Å². The summed E-state index contributed by atoms with van der Waals surface area (Å²) in [6.07, 6.45) is 0. The van der Waals surface area contributed by atoms with Crippen LogP contribution in [0.1, 0.15) is 41.4 Å². The van der Waals surface area contributed by atoms with E-state index in [1.54, 1.807) is 0 Å². The molecule has 0 aromatic heterocycles. The third kappa shape index (κ3) is 5.65. The van der Waals surface area contributed by atoms with Gasteiger partial charge in [-0.25, -0.2) is 4.79 Å². The highest BCUT2D eigenvalue weighted by Gasteiger charge is 2.16. The molecule has 0 bridgehead atoms. The van der Waals surface area contributed by atoms with Gasteiger partial charge in [-0.1, -0.05) is 46.3 Å². The maximum atomic E-state index is 12.0. The van der Waals surface area contributed by atoms with Gasteiger partial charge < -0.3 is 10.1 Å². The van der Waals surface area contributed by atoms with E-state index in [0.29, 0.717) is 12.2 Å². The molecule has 0 fully saturated rings. The minimum atomic E-state index is -0.269.